The van der Waals surface area contributed by atoms with Crippen molar-refractivity contribution >= 4 is 11.7 Å². The number of benzene rings is 1. The van der Waals surface area contributed by atoms with Gasteiger partial charge in [-0.15, -0.1) is 0 Å². The smallest absolute Gasteiger partial charge is 0.276 e. The number of hydrogen-bond donors (Lipinski definition) is 1. The van der Waals surface area contributed by atoms with Crippen molar-refractivity contribution in [2.75, 3.05) is 5.32 Å². The highest BCUT2D eigenvalue weighted by molar-refractivity contribution is 6.02. The number of carbonyl (C=O) groups is 1. The van der Waals surface area contributed by atoms with Gasteiger partial charge in [0.2, 0.25) is 0 Å². The summed E-state index contributed by atoms with van der Waals surface area (Å²) in [5.74, 6) is -0.101. The molecule has 6 nitrogen and oxygen atoms in total. The molecule has 0 spiro atoms. The molecule has 23 heavy (non-hydrogen) atoms. The van der Waals surface area contributed by atoms with E-state index in [1.54, 1.807) is 53.2 Å². The number of anilines is 1. The summed E-state index contributed by atoms with van der Waals surface area (Å²) >= 11 is 0. The molecule has 7 heteroatoms. The molecule has 0 aliphatic rings. The molecular weight excluding hydrogens is 297 g/mol. The van der Waals surface area contributed by atoms with Crippen molar-refractivity contribution < 1.29 is 9.18 Å². The SMILES string of the molecule is Cc1cnn(Cc2ccccc2F)c1NC(=O)c1cn(C)cn1. The third kappa shape index (κ3) is 3.13. The molecule has 0 unspecified atom stereocenters. The molecule has 3 rings (SSSR count). The first-order valence-electron chi connectivity index (χ1n) is 7.09. The number of nitrogens with zero attached hydrogens (tertiary/aromatic N) is 4. The molecule has 118 valence electrons. The number of carbonyl (C=O) groups excluding carboxylic acids is 1. The zero-order valence-electron chi connectivity index (χ0n) is 12.8. The van der Waals surface area contributed by atoms with Crippen LogP contribution in [0.2, 0.25) is 0 Å². The lowest BCUT2D eigenvalue weighted by molar-refractivity contribution is 0.102. The summed E-state index contributed by atoms with van der Waals surface area (Å²) in [4.78, 5) is 16.3. The fourth-order valence-electron chi connectivity index (χ4n) is 2.25. The number of hydrogen-bond acceptors (Lipinski definition) is 3. The van der Waals surface area contributed by atoms with Crippen LogP contribution in [0.15, 0.2) is 43.0 Å². The van der Waals surface area contributed by atoms with Crippen molar-refractivity contribution in [3.05, 3.63) is 65.6 Å². The summed E-state index contributed by atoms with van der Waals surface area (Å²) in [6.07, 6.45) is 4.82. The van der Waals surface area contributed by atoms with E-state index >= 15 is 0 Å². The second-order valence-electron chi connectivity index (χ2n) is 5.30. The van der Waals surface area contributed by atoms with Crippen LogP contribution in [-0.4, -0.2) is 25.2 Å². The highest BCUT2D eigenvalue weighted by atomic mass is 19.1. The molecule has 1 amide bonds. The molecular formula is C16H16FN5O. The number of nitrogens with one attached hydrogen (secondary N) is 1. The van der Waals surface area contributed by atoms with Crippen LogP contribution in [0.3, 0.4) is 0 Å². The maximum absolute atomic E-state index is 13.8. The first kappa shape index (κ1) is 15.0. The van der Waals surface area contributed by atoms with E-state index in [9.17, 15) is 9.18 Å². The molecule has 0 radical (unpaired) electrons. The lowest BCUT2D eigenvalue weighted by Gasteiger charge is -2.10. The Hall–Kier alpha value is -2.96. The zero-order chi connectivity index (χ0) is 16.4. The zero-order valence-corrected chi connectivity index (χ0v) is 12.8. The topological polar surface area (TPSA) is 64.7 Å². The van der Waals surface area contributed by atoms with Gasteiger partial charge in [0, 0.05) is 24.4 Å². The Bertz CT molecular complexity index is 852. The standard InChI is InChI=1S/C16H16FN5O/c1-11-7-19-22(8-12-5-3-4-6-13(12)17)15(11)20-16(23)14-9-21(2)10-18-14/h3-7,9-10H,8H2,1-2H3,(H,20,23). The Balaban J connectivity index is 1.84. The van der Waals surface area contributed by atoms with Crippen molar-refractivity contribution in [2.45, 2.75) is 13.5 Å². The number of aryl methyl sites for hydroxylation is 2. The second kappa shape index (κ2) is 6.04. The first-order valence-corrected chi connectivity index (χ1v) is 7.09. The highest BCUT2D eigenvalue weighted by Crippen LogP contribution is 2.18. The van der Waals surface area contributed by atoms with Gasteiger partial charge in [-0.3, -0.25) is 4.79 Å². The van der Waals surface area contributed by atoms with Gasteiger partial charge in [-0.1, -0.05) is 18.2 Å². The Morgan fingerprint density at radius 2 is 2.13 bits per heavy atom. The quantitative estimate of drug-likeness (QED) is 0.804. The van der Waals surface area contributed by atoms with E-state index in [4.69, 9.17) is 0 Å². The Morgan fingerprint density at radius 1 is 1.35 bits per heavy atom. The van der Waals surface area contributed by atoms with Gasteiger partial charge in [0.05, 0.1) is 19.1 Å². The monoisotopic (exact) mass is 313 g/mol. The van der Waals surface area contributed by atoms with Crippen LogP contribution in [-0.2, 0) is 13.6 Å². The molecule has 0 fully saturated rings. The molecule has 0 saturated heterocycles. The molecule has 0 atom stereocenters. The lowest BCUT2D eigenvalue weighted by Crippen LogP contribution is -2.17. The van der Waals surface area contributed by atoms with Crippen molar-refractivity contribution in [1.82, 2.24) is 19.3 Å². The predicted molar refractivity (Wildman–Crippen MR) is 83.6 cm³/mol. The largest absolute Gasteiger partial charge is 0.340 e. The van der Waals surface area contributed by atoms with Crippen LogP contribution < -0.4 is 5.32 Å². The molecule has 2 aromatic heterocycles. The molecule has 1 N–H and O–H groups in total. The summed E-state index contributed by atoms with van der Waals surface area (Å²) in [5, 5.41) is 7.01. The minimum atomic E-state index is -0.330. The van der Waals surface area contributed by atoms with Crippen LogP contribution in [0.5, 0.6) is 0 Å². The molecule has 0 bridgehead atoms. The Morgan fingerprint density at radius 3 is 2.83 bits per heavy atom. The average Bonchev–Trinajstić information content (AvgIpc) is 3.10. The fraction of sp³-hybridized carbons (Fsp3) is 0.188. The van der Waals surface area contributed by atoms with E-state index in [0.717, 1.165) is 5.56 Å². The van der Waals surface area contributed by atoms with E-state index in [1.165, 1.54) is 6.07 Å². The van der Waals surface area contributed by atoms with Crippen molar-refractivity contribution in [3.8, 4) is 0 Å². The summed E-state index contributed by atoms with van der Waals surface area (Å²) in [7, 11) is 1.79. The highest BCUT2D eigenvalue weighted by Gasteiger charge is 2.15. The van der Waals surface area contributed by atoms with Gasteiger partial charge in [-0.05, 0) is 13.0 Å². The molecule has 1 aromatic carbocycles. The van der Waals surface area contributed by atoms with Crippen molar-refractivity contribution in [1.29, 1.82) is 0 Å². The van der Waals surface area contributed by atoms with E-state index in [-0.39, 0.29) is 18.3 Å². The molecule has 3 aromatic rings. The van der Waals surface area contributed by atoms with Crippen LogP contribution >= 0.6 is 0 Å². The lowest BCUT2D eigenvalue weighted by atomic mass is 10.2. The summed E-state index contributed by atoms with van der Waals surface area (Å²) in [6, 6.07) is 6.49. The third-order valence-corrected chi connectivity index (χ3v) is 3.47. The Kier molecular flexibility index (Phi) is 3.92. The van der Waals surface area contributed by atoms with Gasteiger partial charge < -0.3 is 9.88 Å². The molecule has 2 heterocycles. The van der Waals surface area contributed by atoms with E-state index in [2.05, 4.69) is 15.4 Å². The second-order valence-corrected chi connectivity index (χ2v) is 5.30. The minimum Gasteiger partial charge on any atom is -0.340 e. The minimum absolute atomic E-state index is 0.234. The van der Waals surface area contributed by atoms with E-state index in [0.29, 0.717) is 17.1 Å². The van der Waals surface area contributed by atoms with Gasteiger partial charge in [-0.25, -0.2) is 14.1 Å². The van der Waals surface area contributed by atoms with Crippen LogP contribution in [0.1, 0.15) is 21.6 Å². The van der Waals surface area contributed by atoms with Gasteiger partial charge in [0.1, 0.15) is 17.3 Å². The molecule has 0 aliphatic carbocycles. The van der Waals surface area contributed by atoms with E-state index in [1.807, 2.05) is 6.92 Å². The molecule has 0 aliphatic heterocycles. The van der Waals surface area contributed by atoms with Crippen LogP contribution in [0, 0.1) is 12.7 Å². The third-order valence-electron chi connectivity index (χ3n) is 3.47. The van der Waals surface area contributed by atoms with Crippen LogP contribution in [0.25, 0.3) is 0 Å². The number of aromatic nitrogens is 4. The Labute approximate surface area is 132 Å². The number of amides is 1. The summed E-state index contributed by atoms with van der Waals surface area (Å²) in [6.45, 7) is 2.07. The van der Waals surface area contributed by atoms with Gasteiger partial charge in [0.15, 0.2) is 0 Å². The normalized spacial score (nSPS) is 10.7. The van der Waals surface area contributed by atoms with Crippen molar-refractivity contribution in [3.63, 3.8) is 0 Å². The number of imidazole rings is 1. The maximum Gasteiger partial charge on any atom is 0.276 e. The van der Waals surface area contributed by atoms with Gasteiger partial charge >= 0.3 is 0 Å². The first-order chi connectivity index (χ1) is 11.0. The van der Waals surface area contributed by atoms with Gasteiger partial charge in [0.25, 0.3) is 5.91 Å². The number of halogens is 1. The van der Waals surface area contributed by atoms with Gasteiger partial charge in [-0.2, -0.15) is 5.10 Å². The number of rotatable bonds is 4. The summed E-state index contributed by atoms with van der Waals surface area (Å²) < 4.78 is 17.1. The maximum atomic E-state index is 13.8. The van der Waals surface area contributed by atoms with E-state index < -0.39 is 0 Å². The summed E-state index contributed by atoms with van der Waals surface area (Å²) in [5.41, 5.74) is 1.61. The van der Waals surface area contributed by atoms with Crippen molar-refractivity contribution in [2.24, 2.45) is 7.05 Å². The fourth-order valence-corrected chi connectivity index (χ4v) is 2.25. The average molecular weight is 313 g/mol. The predicted octanol–water partition coefficient (Wildman–Crippen LogP) is 2.36. The van der Waals surface area contributed by atoms with Crippen LogP contribution in [0.4, 0.5) is 10.2 Å². The molecule has 0 saturated carbocycles.